The van der Waals surface area contributed by atoms with Gasteiger partial charge >= 0.3 is 0 Å². The predicted molar refractivity (Wildman–Crippen MR) is 65.0 cm³/mol. The Bertz CT molecular complexity index is 636. The van der Waals surface area contributed by atoms with E-state index in [9.17, 15) is 14.7 Å². The fourth-order valence-corrected chi connectivity index (χ4v) is 2.11. The van der Waals surface area contributed by atoms with Gasteiger partial charge in [-0.2, -0.15) is 4.80 Å². The second-order valence-electron chi connectivity index (χ2n) is 4.50. The summed E-state index contributed by atoms with van der Waals surface area (Å²) in [5, 5.41) is 17.3. The molecule has 0 fully saturated rings. The molecule has 0 amide bonds. The molecular weight excluding hydrogens is 246 g/mol. The summed E-state index contributed by atoms with van der Waals surface area (Å²) in [5.41, 5.74) is 0.821. The Hall–Kier alpha value is -2.34. The maximum atomic E-state index is 12.2. The van der Waals surface area contributed by atoms with Crippen molar-refractivity contribution in [2.45, 2.75) is 19.6 Å². The molecule has 1 N–H and O–H groups in total. The third kappa shape index (κ3) is 1.77. The number of hydrogen-bond acceptors (Lipinski definition) is 5. The van der Waals surface area contributed by atoms with Crippen LogP contribution in [0.3, 0.4) is 0 Å². The number of benzene rings is 1. The van der Waals surface area contributed by atoms with Crippen molar-refractivity contribution in [1.29, 1.82) is 0 Å². The SMILES string of the molecule is CC(O)Cn1nc2c(n1)C(=O)c1ccccc1C2=O. The van der Waals surface area contributed by atoms with Gasteiger partial charge in [0.2, 0.25) is 11.6 Å². The first-order valence-electron chi connectivity index (χ1n) is 5.89. The van der Waals surface area contributed by atoms with Crippen molar-refractivity contribution < 1.29 is 14.7 Å². The lowest BCUT2D eigenvalue weighted by atomic mass is 9.90. The number of aliphatic hydroxyl groups excluding tert-OH is 1. The molecular formula is C13H11N3O3. The standard InChI is InChI=1S/C13H11N3O3/c1-7(17)6-16-14-10-11(15-16)13(19)9-5-3-2-4-8(9)12(10)18/h2-5,7,17H,6H2,1H3. The summed E-state index contributed by atoms with van der Waals surface area (Å²) in [6.45, 7) is 1.73. The predicted octanol–water partition coefficient (Wildman–Crippen LogP) is 0.434. The molecule has 0 bridgehead atoms. The van der Waals surface area contributed by atoms with E-state index in [-0.39, 0.29) is 29.5 Å². The van der Waals surface area contributed by atoms with Crippen LogP contribution < -0.4 is 0 Å². The van der Waals surface area contributed by atoms with Gasteiger partial charge in [0.1, 0.15) is 0 Å². The second-order valence-corrected chi connectivity index (χ2v) is 4.50. The van der Waals surface area contributed by atoms with Gasteiger partial charge in [-0.3, -0.25) is 9.59 Å². The van der Waals surface area contributed by atoms with Crippen molar-refractivity contribution in [1.82, 2.24) is 15.0 Å². The highest BCUT2D eigenvalue weighted by Crippen LogP contribution is 2.24. The molecule has 96 valence electrons. The zero-order valence-corrected chi connectivity index (χ0v) is 10.2. The van der Waals surface area contributed by atoms with Crippen molar-refractivity contribution in [3.63, 3.8) is 0 Å². The monoisotopic (exact) mass is 257 g/mol. The smallest absolute Gasteiger partial charge is 0.216 e. The average Bonchev–Trinajstić information content (AvgIpc) is 2.79. The minimum atomic E-state index is -0.651. The van der Waals surface area contributed by atoms with Crippen molar-refractivity contribution >= 4 is 11.6 Å². The van der Waals surface area contributed by atoms with E-state index >= 15 is 0 Å². The number of aliphatic hydroxyl groups is 1. The molecule has 1 aliphatic carbocycles. The molecule has 1 aromatic heterocycles. The fourth-order valence-electron chi connectivity index (χ4n) is 2.11. The maximum absolute atomic E-state index is 12.2. The highest BCUT2D eigenvalue weighted by atomic mass is 16.3. The molecule has 1 aromatic carbocycles. The van der Waals surface area contributed by atoms with Gasteiger partial charge in [-0.15, -0.1) is 10.2 Å². The molecule has 1 heterocycles. The molecule has 0 radical (unpaired) electrons. The highest BCUT2D eigenvalue weighted by molar-refractivity contribution is 6.26. The van der Waals surface area contributed by atoms with Gasteiger partial charge in [0, 0.05) is 11.1 Å². The topological polar surface area (TPSA) is 85.1 Å². The number of ketones is 2. The first-order chi connectivity index (χ1) is 9.08. The van der Waals surface area contributed by atoms with Crippen molar-refractivity contribution in [3.8, 4) is 0 Å². The molecule has 6 heteroatoms. The van der Waals surface area contributed by atoms with Crippen LogP contribution in [0, 0.1) is 0 Å². The zero-order chi connectivity index (χ0) is 13.6. The zero-order valence-electron chi connectivity index (χ0n) is 10.2. The number of rotatable bonds is 2. The van der Waals surface area contributed by atoms with Crippen LogP contribution in [0.1, 0.15) is 39.0 Å². The fraction of sp³-hybridized carbons (Fsp3) is 0.231. The lowest BCUT2D eigenvalue weighted by Crippen LogP contribution is -2.20. The van der Waals surface area contributed by atoms with Gasteiger partial charge in [0.05, 0.1) is 12.6 Å². The van der Waals surface area contributed by atoms with Crippen LogP contribution in [0.2, 0.25) is 0 Å². The van der Waals surface area contributed by atoms with E-state index in [1.54, 1.807) is 31.2 Å². The van der Waals surface area contributed by atoms with Gasteiger partial charge in [-0.25, -0.2) is 0 Å². The number of carbonyl (C=O) groups is 2. The van der Waals surface area contributed by atoms with Gasteiger partial charge in [-0.1, -0.05) is 24.3 Å². The summed E-state index contributed by atoms with van der Waals surface area (Å²) in [5.74, 6) is -0.607. The van der Waals surface area contributed by atoms with Crippen LogP contribution in [0.15, 0.2) is 24.3 Å². The van der Waals surface area contributed by atoms with Gasteiger partial charge in [0.15, 0.2) is 11.4 Å². The molecule has 1 unspecified atom stereocenters. The Kier molecular flexibility index (Phi) is 2.53. The van der Waals surface area contributed by atoms with E-state index in [1.165, 1.54) is 4.80 Å². The van der Waals surface area contributed by atoms with Crippen LogP contribution in [0.5, 0.6) is 0 Å². The van der Waals surface area contributed by atoms with Crippen LogP contribution in [-0.2, 0) is 6.54 Å². The van der Waals surface area contributed by atoms with Gasteiger partial charge in [-0.05, 0) is 6.92 Å². The summed E-state index contributed by atoms with van der Waals surface area (Å²) in [6, 6.07) is 6.61. The Morgan fingerprint density at radius 2 is 1.58 bits per heavy atom. The quantitative estimate of drug-likeness (QED) is 0.719. The number of fused-ring (bicyclic) bond motifs is 2. The average molecular weight is 257 g/mol. The minimum absolute atomic E-state index is 0.0596. The number of aromatic nitrogens is 3. The third-order valence-electron chi connectivity index (χ3n) is 2.93. The van der Waals surface area contributed by atoms with E-state index in [0.717, 1.165) is 0 Å². The van der Waals surface area contributed by atoms with Crippen LogP contribution in [-0.4, -0.2) is 37.8 Å². The number of carbonyl (C=O) groups excluding carboxylic acids is 2. The molecule has 0 spiro atoms. The summed E-state index contributed by atoms with van der Waals surface area (Å²) >= 11 is 0. The summed E-state index contributed by atoms with van der Waals surface area (Å²) in [7, 11) is 0. The normalized spacial score (nSPS) is 15.1. The second kappa shape index (κ2) is 4.10. The molecule has 0 saturated carbocycles. The Morgan fingerprint density at radius 3 is 2.00 bits per heavy atom. The minimum Gasteiger partial charge on any atom is -0.391 e. The van der Waals surface area contributed by atoms with E-state index < -0.39 is 6.10 Å². The Labute approximate surface area is 108 Å². The van der Waals surface area contributed by atoms with E-state index in [0.29, 0.717) is 11.1 Å². The molecule has 1 atom stereocenters. The van der Waals surface area contributed by atoms with Crippen molar-refractivity contribution in [2.24, 2.45) is 0 Å². The largest absolute Gasteiger partial charge is 0.391 e. The summed E-state index contributed by atoms with van der Waals surface area (Å²) in [6.07, 6.45) is -0.651. The maximum Gasteiger partial charge on any atom is 0.216 e. The lowest BCUT2D eigenvalue weighted by Gasteiger charge is -2.10. The lowest BCUT2D eigenvalue weighted by molar-refractivity contribution is 0.0974. The van der Waals surface area contributed by atoms with E-state index in [1.807, 2.05) is 0 Å². The first-order valence-corrected chi connectivity index (χ1v) is 5.89. The molecule has 6 nitrogen and oxygen atoms in total. The Balaban J connectivity index is 2.12. The van der Waals surface area contributed by atoms with Crippen LogP contribution in [0.25, 0.3) is 0 Å². The van der Waals surface area contributed by atoms with Crippen LogP contribution >= 0.6 is 0 Å². The number of hydrogen-bond donors (Lipinski definition) is 1. The molecule has 3 rings (SSSR count). The van der Waals surface area contributed by atoms with E-state index in [2.05, 4.69) is 10.2 Å². The molecule has 0 aliphatic heterocycles. The number of nitrogens with zero attached hydrogens (tertiary/aromatic N) is 3. The Morgan fingerprint density at radius 1 is 1.11 bits per heavy atom. The van der Waals surface area contributed by atoms with Gasteiger partial charge in [0.25, 0.3) is 0 Å². The highest BCUT2D eigenvalue weighted by Gasteiger charge is 2.34. The van der Waals surface area contributed by atoms with Gasteiger partial charge < -0.3 is 5.11 Å². The molecule has 19 heavy (non-hydrogen) atoms. The van der Waals surface area contributed by atoms with Crippen LogP contribution in [0.4, 0.5) is 0 Å². The molecule has 2 aromatic rings. The summed E-state index contributed by atoms with van der Waals surface area (Å²) in [4.78, 5) is 25.6. The van der Waals surface area contributed by atoms with E-state index in [4.69, 9.17) is 0 Å². The first kappa shape index (κ1) is 11.7. The van der Waals surface area contributed by atoms with Crippen molar-refractivity contribution in [2.75, 3.05) is 0 Å². The molecule has 0 saturated heterocycles. The third-order valence-corrected chi connectivity index (χ3v) is 2.93. The van der Waals surface area contributed by atoms with Crippen molar-refractivity contribution in [3.05, 3.63) is 46.8 Å². The molecule has 1 aliphatic rings. The summed E-state index contributed by atoms with van der Waals surface area (Å²) < 4.78 is 0.